The van der Waals surface area contributed by atoms with Crippen molar-refractivity contribution in [2.75, 3.05) is 25.5 Å². The summed E-state index contributed by atoms with van der Waals surface area (Å²) in [6, 6.07) is 3.63. The minimum absolute atomic E-state index is 0.134. The van der Waals surface area contributed by atoms with E-state index in [0.717, 1.165) is 0 Å². The Hall–Kier alpha value is -3.54. The van der Waals surface area contributed by atoms with Gasteiger partial charge in [0.25, 0.3) is 0 Å². The summed E-state index contributed by atoms with van der Waals surface area (Å²) in [7, 11) is 1.49. The van der Waals surface area contributed by atoms with Crippen LogP contribution in [0.5, 0.6) is 5.88 Å². The van der Waals surface area contributed by atoms with E-state index in [1.165, 1.54) is 36.9 Å². The lowest BCUT2D eigenvalue weighted by molar-refractivity contribution is 0.182. The zero-order valence-electron chi connectivity index (χ0n) is 16.4. The van der Waals surface area contributed by atoms with Crippen LogP contribution in [0.2, 0.25) is 0 Å². The molecule has 0 atom stereocenters. The summed E-state index contributed by atoms with van der Waals surface area (Å²) in [6.07, 6.45) is 2.52. The molecule has 0 aliphatic carbocycles. The zero-order chi connectivity index (χ0) is 21.5. The van der Waals surface area contributed by atoms with Crippen molar-refractivity contribution in [2.45, 2.75) is 18.9 Å². The van der Waals surface area contributed by atoms with Crippen molar-refractivity contribution in [3.05, 3.63) is 40.9 Å². The number of hydrogen-bond donors (Lipinski definition) is 1. The first-order valence-electron chi connectivity index (χ1n) is 9.55. The Kier molecular flexibility index (Phi) is 4.77. The molecule has 0 saturated carbocycles. The Labute approximate surface area is 178 Å². The van der Waals surface area contributed by atoms with E-state index in [-0.39, 0.29) is 17.7 Å². The monoisotopic (exact) mass is 444 g/mol. The van der Waals surface area contributed by atoms with Crippen LogP contribution >= 0.6 is 11.3 Å². The van der Waals surface area contributed by atoms with Gasteiger partial charge in [-0.25, -0.2) is 23.9 Å². The van der Waals surface area contributed by atoms with Crippen molar-refractivity contribution in [1.29, 1.82) is 0 Å². The number of urea groups is 1. The zero-order valence-corrected chi connectivity index (χ0v) is 17.2. The van der Waals surface area contributed by atoms with Crippen LogP contribution in [0.4, 0.5) is 14.3 Å². The highest BCUT2D eigenvalue weighted by molar-refractivity contribution is 7.22. The van der Waals surface area contributed by atoms with Gasteiger partial charge in [0, 0.05) is 25.2 Å². The van der Waals surface area contributed by atoms with Crippen molar-refractivity contribution >= 4 is 43.9 Å². The van der Waals surface area contributed by atoms with E-state index in [0.29, 0.717) is 52.8 Å². The van der Waals surface area contributed by atoms with E-state index in [4.69, 9.17) is 9.15 Å². The third-order valence-corrected chi connectivity index (χ3v) is 6.14. The molecule has 5 rings (SSSR count). The lowest BCUT2D eigenvalue weighted by atomic mass is 10.0. The molecule has 0 spiro atoms. The SMILES string of the molecule is COc1ncnc2sc(NC(=O)N3CCC(n4c(=O)oc5cc(F)ccc54)CC3)nc12. The first-order valence-corrected chi connectivity index (χ1v) is 10.4. The van der Waals surface area contributed by atoms with Gasteiger partial charge in [-0.1, -0.05) is 11.3 Å². The number of hydrogen-bond acceptors (Lipinski definition) is 8. The van der Waals surface area contributed by atoms with Gasteiger partial charge in [0.1, 0.15) is 12.1 Å². The second-order valence-corrected chi connectivity index (χ2v) is 8.03. The number of halogens is 1. The number of rotatable bonds is 3. The van der Waals surface area contributed by atoms with Crippen molar-refractivity contribution in [3.63, 3.8) is 0 Å². The number of amides is 2. The van der Waals surface area contributed by atoms with Gasteiger partial charge < -0.3 is 14.1 Å². The quantitative estimate of drug-likeness (QED) is 0.516. The maximum Gasteiger partial charge on any atom is 0.420 e. The van der Waals surface area contributed by atoms with Crippen LogP contribution in [0.1, 0.15) is 18.9 Å². The molecule has 1 aliphatic heterocycles. The van der Waals surface area contributed by atoms with Crippen LogP contribution in [0.15, 0.2) is 33.7 Å². The molecule has 160 valence electrons. The van der Waals surface area contributed by atoms with Gasteiger partial charge in [-0.05, 0) is 25.0 Å². The van der Waals surface area contributed by atoms with Crippen LogP contribution in [-0.2, 0) is 0 Å². The highest BCUT2D eigenvalue weighted by atomic mass is 32.1. The third kappa shape index (κ3) is 3.48. The average molecular weight is 444 g/mol. The Bertz CT molecular complexity index is 1340. The van der Waals surface area contributed by atoms with Crippen LogP contribution in [-0.4, -0.2) is 50.6 Å². The maximum atomic E-state index is 13.4. The van der Waals surface area contributed by atoms with E-state index >= 15 is 0 Å². The number of benzene rings is 1. The summed E-state index contributed by atoms with van der Waals surface area (Å²) in [5.74, 6) is -0.633. The van der Waals surface area contributed by atoms with Gasteiger partial charge in [-0.2, -0.15) is 4.98 Å². The highest BCUT2D eigenvalue weighted by Gasteiger charge is 2.27. The number of ether oxygens (including phenoxy) is 1. The third-order valence-electron chi connectivity index (χ3n) is 5.26. The van der Waals surface area contributed by atoms with E-state index in [1.807, 2.05) is 0 Å². The van der Waals surface area contributed by atoms with E-state index < -0.39 is 11.6 Å². The van der Waals surface area contributed by atoms with Crippen molar-refractivity contribution in [2.24, 2.45) is 0 Å². The summed E-state index contributed by atoms with van der Waals surface area (Å²) in [4.78, 5) is 39.8. The van der Waals surface area contributed by atoms with Gasteiger partial charge in [0.05, 0.1) is 12.6 Å². The number of carbonyl (C=O) groups is 1. The fraction of sp³-hybridized carbons (Fsp3) is 0.316. The smallest absolute Gasteiger partial charge is 0.420 e. The maximum absolute atomic E-state index is 13.4. The summed E-state index contributed by atoms with van der Waals surface area (Å²) in [5.41, 5.74) is 1.27. The largest absolute Gasteiger partial charge is 0.479 e. The van der Waals surface area contributed by atoms with Crippen LogP contribution in [0, 0.1) is 5.82 Å². The first kappa shape index (κ1) is 19.4. The molecule has 1 aliphatic rings. The summed E-state index contributed by atoms with van der Waals surface area (Å²) >= 11 is 1.23. The summed E-state index contributed by atoms with van der Waals surface area (Å²) < 4.78 is 25.3. The number of oxazole rings is 1. The molecule has 0 bridgehead atoms. The number of nitrogens with one attached hydrogen (secondary N) is 1. The number of methoxy groups -OCH3 is 1. The molecule has 1 aromatic carbocycles. The fourth-order valence-corrected chi connectivity index (χ4v) is 4.58. The number of piperidine rings is 1. The predicted octanol–water partition coefficient (Wildman–Crippen LogP) is 3.01. The molecule has 31 heavy (non-hydrogen) atoms. The van der Waals surface area contributed by atoms with E-state index in [2.05, 4.69) is 20.3 Å². The van der Waals surface area contributed by atoms with Crippen LogP contribution in [0.3, 0.4) is 0 Å². The van der Waals surface area contributed by atoms with Crippen molar-refractivity contribution < 1.29 is 18.3 Å². The van der Waals surface area contributed by atoms with Crippen molar-refractivity contribution in [3.8, 4) is 5.88 Å². The van der Waals surface area contributed by atoms with Crippen molar-refractivity contribution in [1.82, 2.24) is 24.4 Å². The molecular weight excluding hydrogens is 427 g/mol. The molecule has 0 unspecified atom stereocenters. The Morgan fingerprint density at radius 1 is 1.32 bits per heavy atom. The van der Waals surface area contributed by atoms with E-state index in [1.54, 1.807) is 15.5 Å². The number of aromatic nitrogens is 4. The van der Waals surface area contributed by atoms with Crippen LogP contribution in [0.25, 0.3) is 21.4 Å². The van der Waals surface area contributed by atoms with Gasteiger partial charge >= 0.3 is 11.8 Å². The number of carbonyl (C=O) groups excluding carboxylic acids is 1. The topological polar surface area (TPSA) is 115 Å². The van der Waals surface area contributed by atoms with Gasteiger partial charge in [-0.3, -0.25) is 9.88 Å². The second kappa shape index (κ2) is 7.61. The Morgan fingerprint density at radius 2 is 2.13 bits per heavy atom. The Morgan fingerprint density at radius 3 is 2.90 bits per heavy atom. The van der Waals surface area contributed by atoms with E-state index in [9.17, 15) is 14.0 Å². The van der Waals surface area contributed by atoms with Gasteiger partial charge in [0.2, 0.25) is 5.88 Å². The minimum Gasteiger partial charge on any atom is -0.479 e. The summed E-state index contributed by atoms with van der Waals surface area (Å²) in [6.45, 7) is 0.898. The average Bonchev–Trinajstić information content (AvgIpc) is 3.32. The number of thiazole rings is 1. The first-order chi connectivity index (χ1) is 15.0. The minimum atomic E-state index is -0.520. The number of nitrogens with zero attached hydrogens (tertiary/aromatic N) is 5. The number of likely N-dealkylation sites (tertiary alicyclic amines) is 1. The lowest BCUT2D eigenvalue weighted by Gasteiger charge is -2.32. The predicted molar refractivity (Wildman–Crippen MR) is 111 cm³/mol. The molecule has 3 aromatic heterocycles. The molecule has 1 N–H and O–H groups in total. The number of fused-ring (bicyclic) bond motifs is 2. The number of anilines is 1. The molecule has 4 heterocycles. The molecule has 10 nitrogen and oxygen atoms in total. The standard InChI is InChI=1S/C19H17FN6O4S/c1-29-15-14-16(22-9-21-15)31-17(23-14)24-18(27)25-6-4-11(5-7-25)26-12-3-2-10(20)8-13(12)30-19(26)28/h2-3,8-9,11H,4-7H2,1H3,(H,23,24,27). The fourth-order valence-electron chi connectivity index (χ4n) is 3.79. The highest BCUT2D eigenvalue weighted by Crippen LogP contribution is 2.30. The lowest BCUT2D eigenvalue weighted by Crippen LogP contribution is -2.42. The Balaban J connectivity index is 1.28. The normalized spacial score (nSPS) is 15.0. The van der Waals surface area contributed by atoms with Crippen LogP contribution < -0.4 is 15.8 Å². The molecule has 0 radical (unpaired) electrons. The molecular formula is C19H17FN6O4S. The van der Waals surface area contributed by atoms with Gasteiger partial charge in [0.15, 0.2) is 21.1 Å². The van der Waals surface area contributed by atoms with Gasteiger partial charge in [-0.15, -0.1) is 0 Å². The molecule has 1 saturated heterocycles. The molecule has 2 amide bonds. The second-order valence-electron chi connectivity index (χ2n) is 7.05. The molecule has 4 aromatic rings. The molecule has 1 fully saturated rings. The summed E-state index contributed by atoms with van der Waals surface area (Å²) in [5, 5.41) is 3.19. The molecule has 12 heteroatoms.